The number of hydrogen-bond acceptors (Lipinski definition) is 2. The summed E-state index contributed by atoms with van der Waals surface area (Å²) >= 11 is 6.09. The first-order chi connectivity index (χ1) is 6.24. The van der Waals surface area contributed by atoms with Gasteiger partial charge in [0, 0.05) is 24.1 Å². The highest BCUT2D eigenvalue weighted by atomic mass is 35.5. The van der Waals surface area contributed by atoms with Crippen molar-refractivity contribution in [1.29, 1.82) is 0 Å². The van der Waals surface area contributed by atoms with Crippen LogP contribution in [0, 0.1) is 0 Å². The normalized spacial score (nSPS) is 15.0. The second kappa shape index (κ2) is 5.07. The van der Waals surface area contributed by atoms with E-state index in [1.54, 1.807) is 12.4 Å². The number of pyridine rings is 1. The molecule has 0 aromatic carbocycles. The molecule has 0 radical (unpaired) electrons. The van der Waals surface area contributed by atoms with Crippen molar-refractivity contribution in [1.82, 2.24) is 4.98 Å². The molecule has 0 aliphatic carbocycles. The molecule has 13 heavy (non-hydrogen) atoms. The molecule has 72 valence electrons. The molecule has 0 fully saturated rings. The summed E-state index contributed by atoms with van der Waals surface area (Å²) in [6.45, 7) is 4.17. The van der Waals surface area contributed by atoms with Crippen LogP contribution in [0.1, 0.15) is 20.3 Å². The number of nitrogens with one attached hydrogen (secondary N) is 1. The predicted octanol–water partition coefficient (Wildman–Crippen LogP) is 2.90. The topological polar surface area (TPSA) is 24.9 Å². The first-order valence-corrected chi connectivity index (χ1v) is 4.98. The van der Waals surface area contributed by atoms with Gasteiger partial charge in [-0.2, -0.15) is 0 Å². The van der Waals surface area contributed by atoms with Crippen molar-refractivity contribution < 1.29 is 0 Å². The Labute approximate surface area is 84.3 Å². The van der Waals surface area contributed by atoms with Crippen LogP contribution in [0.25, 0.3) is 0 Å². The summed E-state index contributed by atoms with van der Waals surface area (Å²) in [4.78, 5) is 3.94. The van der Waals surface area contributed by atoms with Gasteiger partial charge >= 0.3 is 0 Å². The van der Waals surface area contributed by atoms with Crippen molar-refractivity contribution in [3.63, 3.8) is 0 Å². The van der Waals surface area contributed by atoms with Gasteiger partial charge in [-0.15, -0.1) is 11.6 Å². The van der Waals surface area contributed by atoms with E-state index in [1.807, 2.05) is 12.1 Å². The van der Waals surface area contributed by atoms with E-state index in [0.29, 0.717) is 0 Å². The summed E-state index contributed by atoms with van der Waals surface area (Å²) in [6, 6.07) is 4.17. The number of nitrogens with zero attached hydrogens (tertiary/aromatic N) is 1. The van der Waals surface area contributed by atoms with Gasteiger partial charge in [0.25, 0.3) is 0 Å². The maximum Gasteiger partial charge on any atom is 0.0532 e. The minimum atomic E-state index is 0.174. The fourth-order valence-electron chi connectivity index (χ4n) is 1.16. The Bertz CT molecular complexity index is 238. The Balaban J connectivity index is 2.50. The Hall–Kier alpha value is -0.760. The van der Waals surface area contributed by atoms with E-state index in [9.17, 15) is 0 Å². The van der Waals surface area contributed by atoms with Crippen molar-refractivity contribution in [3.8, 4) is 0 Å². The molecule has 0 saturated heterocycles. The lowest BCUT2D eigenvalue weighted by Gasteiger charge is -2.18. The quantitative estimate of drug-likeness (QED) is 0.753. The molecule has 0 aliphatic heterocycles. The second-order valence-electron chi connectivity index (χ2n) is 3.09. The molecule has 1 rings (SSSR count). The van der Waals surface area contributed by atoms with Crippen LogP contribution in [0.15, 0.2) is 24.5 Å². The van der Waals surface area contributed by atoms with Crippen LogP contribution in [0.5, 0.6) is 0 Å². The molecule has 2 nitrogen and oxygen atoms in total. The summed E-state index contributed by atoms with van der Waals surface area (Å²) in [5, 5.41) is 3.49. The molecule has 1 N–H and O–H groups in total. The summed E-state index contributed by atoms with van der Waals surface area (Å²) in [5.74, 6) is 0. The molecule has 1 aromatic rings. The lowest BCUT2D eigenvalue weighted by atomic mass is 10.2. The number of alkyl halides is 1. The van der Waals surface area contributed by atoms with Crippen molar-refractivity contribution in [3.05, 3.63) is 24.5 Å². The van der Waals surface area contributed by atoms with Gasteiger partial charge in [-0.05, 0) is 25.5 Å². The Morgan fingerprint density at radius 1 is 1.46 bits per heavy atom. The van der Waals surface area contributed by atoms with Gasteiger partial charge in [-0.25, -0.2) is 0 Å². The third-order valence-electron chi connectivity index (χ3n) is 2.01. The number of halogens is 1. The van der Waals surface area contributed by atoms with Crippen molar-refractivity contribution in [2.45, 2.75) is 31.7 Å². The summed E-state index contributed by atoms with van der Waals surface area (Å²) in [6.07, 6.45) is 4.51. The molecule has 1 aromatic heterocycles. The first kappa shape index (κ1) is 10.3. The average molecular weight is 199 g/mol. The highest BCUT2D eigenvalue weighted by Crippen LogP contribution is 2.13. The number of aromatic nitrogens is 1. The van der Waals surface area contributed by atoms with Gasteiger partial charge in [0.15, 0.2) is 0 Å². The Morgan fingerprint density at radius 2 is 2.08 bits per heavy atom. The fraction of sp³-hybridized carbons (Fsp3) is 0.500. The zero-order valence-corrected chi connectivity index (χ0v) is 8.75. The van der Waals surface area contributed by atoms with Gasteiger partial charge in [-0.1, -0.05) is 6.92 Å². The van der Waals surface area contributed by atoms with Crippen molar-refractivity contribution >= 4 is 17.3 Å². The van der Waals surface area contributed by atoms with Gasteiger partial charge in [0.2, 0.25) is 0 Å². The van der Waals surface area contributed by atoms with Crippen LogP contribution < -0.4 is 5.32 Å². The molecule has 0 aliphatic rings. The minimum Gasteiger partial charge on any atom is -0.381 e. The molecule has 2 unspecified atom stereocenters. The Kier molecular flexibility index (Phi) is 4.03. The van der Waals surface area contributed by atoms with Crippen LogP contribution >= 0.6 is 11.6 Å². The van der Waals surface area contributed by atoms with Crippen LogP contribution in [0.4, 0.5) is 5.69 Å². The molecule has 0 saturated carbocycles. The zero-order chi connectivity index (χ0) is 9.68. The van der Waals surface area contributed by atoms with Gasteiger partial charge in [0.05, 0.1) is 5.38 Å². The smallest absolute Gasteiger partial charge is 0.0532 e. The van der Waals surface area contributed by atoms with E-state index in [0.717, 1.165) is 12.1 Å². The summed E-state index contributed by atoms with van der Waals surface area (Å²) < 4.78 is 0. The van der Waals surface area contributed by atoms with Crippen molar-refractivity contribution in [2.75, 3.05) is 5.32 Å². The Morgan fingerprint density at radius 3 is 2.62 bits per heavy atom. The van der Waals surface area contributed by atoms with Gasteiger partial charge in [-0.3, -0.25) is 4.98 Å². The highest BCUT2D eigenvalue weighted by molar-refractivity contribution is 6.21. The lowest BCUT2D eigenvalue weighted by Crippen LogP contribution is -2.25. The highest BCUT2D eigenvalue weighted by Gasteiger charge is 2.11. The van der Waals surface area contributed by atoms with Crippen LogP contribution in [-0.2, 0) is 0 Å². The molecule has 1 heterocycles. The standard InChI is InChI=1S/C10H15ClN2/c1-3-10(11)8(2)13-9-4-6-12-7-5-9/h4-8,10H,3H2,1-2H3,(H,12,13). The number of anilines is 1. The molecule has 3 heteroatoms. The van der Waals surface area contributed by atoms with Crippen molar-refractivity contribution in [2.24, 2.45) is 0 Å². The van der Waals surface area contributed by atoms with Gasteiger partial charge < -0.3 is 5.32 Å². The summed E-state index contributed by atoms with van der Waals surface area (Å²) in [7, 11) is 0. The number of rotatable bonds is 4. The first-order valence-electron chi connectivity index (χ1n) is 4.54. The monoisotopic (exact) mass is 198 g/mol. The van der Waals surface area contributed by atoms with Crippen LogP contribution in [0.2, 0.25) is 0 Å². The molecular weight excluding hydrogens is 184 g/mol. The number of hydrogen-bond donors (Lipinski definition) is 1. The van der Waals surface area contributed by atoms with Crippen LogP contribution in [-0.4, -0.2) is 16.4 Å². The van der Waals surface area contributed by atoms with Gasteiger partial charge in [0.1, 0.15) is 0 Å². The zero-order valence-electron chi connectivity index (χ0n) is 8.00. The van der Waals surface area contributed by atoms with E-state index >= 15 is 0 Å². The van der Waals surface area contributed by atoms with E-state index in [-0.39, 0.29) is 11.4 Å². The molecule has 0 amide bonds. The predicted molar refractivity (Wildman–Crippen MR) is 57.3 cm³/mol. The second-order valence-corrected chi connectivity index (χ2v) is 3.65. The fourth-order valence-corrected chi connectivity index (χ4v) is 1.22. The van der Waals surface area contributed by atoms with E-state index in [4.69, 9.17) is 11.6 Å². The lowest BCUT2D eigenvalue weighted by molar-refractivity contribution is 0.700. The van der Waals surface area contributed by atoms with E-state index < -0.39 is 0 Å². The maximum absolute atomic E-state index is 6.09. The third-order valence-corrected chi connectivity index (χ3v) is 2.69. The third kappa shape index (κ3) is 3.23. The SMILES string of the molecule is CCC(Cl)C(C)Nc1ccncc1. The molecule has 2 atom stereocenters. The largest absolute Gasteiger partial charge is 0.381 e. The van der Waals surface area contributed by atoms with E-state index in [1.165, 1.54) is 0 Å². The average Bonchev–Trinajstić information content (AvgIpc) is 2.18. The van der Waals surface area contributed by atoms with Crippen LogP contribution in [0.3, 0.4) is 0 Å². The summed E-state index contributed by atoms with van der Waals surface area (Å²) in [5.41, 5.74) is 1.07. The molecule has 0 spiro atoms. The molecule has 0 bridgehead atoms. The minimum absolute atomic E-state index is 0.174. The maximum atomic E-state index is 6.09. The van der Waals surface area contributed by atoms with E-state index in [2.05, 4.69) is 24.1 Å². The molecular formula is C10H15ClN2.